The van der Waals surface area contributed by atoms with Gasteiger partial charge in [0.2, 0.25) is 12.2 Å². The molecule has 22 heteroatoms. The summed E-state index contributed by atoms with van der Waals surface area (Å²) >= 11 is 0. The molecule has 8 aliphatic carbocycles. The van der Waals surface area contributed by atoms with Crippen molar-refractivity contribution in [3.8, 4) is 0 Å². The number of cyclic esters (lactones) is 3. The molecule has 0 amide bonds. The van der Waals surface area contributed by atoms with E-state index in [1.165, 1.54) is 59.2 Å². The van der Waals surface area contributed by atoms with Crippen molar-refractivity contribution in [1.82, 2.24) is 0 Å². The lowest BCUT2D eigenvalue weighted by Crippen LogP contribution is -2.38. The van der Waals surface area contributed by atoms with Crippen LogP contribution in [0.25, 0.3) is 0 Å². The molecule has 0 aromatic carbocycles. The fraction of sp³-hybridized carbons (Fsp3) is 0.860. The van der Waals surface area contributed by atoms with Crippen LogP contribution in [0, 0.1) is 110 Å². The van der Waals surface area contributed by atoms with Gasteiger partial charge in [0.25, 0.3) is 0 Å². The molecule has 14 rings (SSSR count). The van der Waals surface area contributed by atoms with E-state index in [4.69, 9.17) is 47.4 Å². The van der Waals surface area contributed by atoms with Gasteiger partial charge in [-0.15, -0.1) is 0 Å². The Morgan fingerprint density at radius 2 is 0.843 bits per heavy atom. The molecule has 6 bridgehead atoms. The first-order valence-electron chi connectivity index (χ1n) is 36.6. The number of carbonyl (C=O) groups excluding carboxylic acids is 10. The van der Waals surface area contributed by atoms with E-state index in [2.05, 4.69) is 9.47 Å². The van der Waals surface area contributed by atoms with Crippen LogP contribution in [0.2, 0.25) is 0 Å². The SMILES string of the molecule is C.C.C.C.C.C.C.C.C.C.CCC(C)(C)C(=O)OC.CCC(C)(C)C(=O)OC.CCC(C)(C)C(=O)OC1C(=O)OC2C1CC1OC(C)(C)OC12.CCC(C)(C)C(=O)OC1C(=O)OC2C=CCC21.CCC(C)(C)C(=O)OC1COC(=O)C1.O=C1OCC2C3CC(C12)C1C2CCC(C2)C31.O=C1OCC2C3CCC(C3)C12. The number of ether oxygens (including phenoxy) is 12. The van der Waals surface area contributed by atoms with E-state index in [1.807, 2.05) is 130 Å². The summed E-state index contributed by atoms with van der Waals surface area (Å²) in [6, 6.07) is 0. The summed E-state index contributed by atoms with van der Waals surface area (Å²) in [6.45, 7) is 33.5. The topological polar surface area (TPSA) is 281 Å². The normalized spacial score (nSPS) is 32.6. The Kier molecular flexibility index (Phi) is 41.7. The van der Waals surface area contributed by atoms with Gasteiger partial charge in [0, 0.05) is 17.8 Å². The summed E-state index contributed by atoms with van der Waals surface area (Å²) in [5.74, 6) is 5.91. The van der Waals surface area contributed by atoms with Crippen LogP contribution in [0.3, 0.4) is 0 Å². The van der Waals surface area contributed by atoms with Crippen LogP contribution in [0.4, 0.5) is 0 Å². The number of rotatable bonds is 13. The average molecular weight is 1540 g/mol. The second-order valence-electron chi connectivity index (χ2n) is 33.4. The maximum atomic E-state index is 12.2. The minimum absolute atomic E-state index is 0. The van der Waals surface area contributed by atoms with Crippen molar-refractivity contribution in [1.29, 1.82) is 0 Å². The number of carbonyl (C=O) groups is 10. The molecule has 0 aromatic rings. The molecule has 0 radical (unpaired) electrons. The van der Waals surface area contributed by atoms with Crippen LogP contribution in [0.5, 0.6) is 0 Å². The first-order chi connectivity index (χ1) is 45.8. The summed E-state index contributed by atoms with van der Waals surface area (Å²) in [7, 11) is 2.83. The third-order valence-corrected chi connectivity index (χ3v) is 25.0. The fourth-order valence-corrected chi connectivity index (χ4v) is 17.1. The molecule has 22 nitrogen and oxygen atoms in total. The lowest BCUT2D eigenvalue weighted by atomic mass is 9.64. The molecule has 7 saturated carbocycles. The number of methoxy groups -OCH3 is 2. The van der Waals surface area contributed by atoms with Crippen LogP contribution in [0.15, 0.2) is 12.2 Å². The summed E-state index contributed by atoms with van der Waals surface area (Å²) in [5.41, 5.74) is -2.26. The molecule has 21 atom stereocenters. The van der Waals surface area contributed by atoms with Crippen molar-refractivity contribution in [2.45, 2.75) is 337 Å². The molecule has 0 N–H and O–H groups in total. The van der Waals surface area contributed by atoms with Gasteiger partial charge in [0.1, 0.15) is 31.0 Å². The third kappa shape index (κ3) is 22.8. The highest BCUT2D eigenvalue weighted by Crippen LogP contribution is 2.71. The Morgan fingerprint density at radius 3 is 1.30 bits per heavy atom. The van der Waals surface area contributed by atoms with Crippen LogP contribution in [0.1, 0.15) is 288 Å². The van der Waals surface area contributed by atoms with Crippen LogP contribution >= 0.6 is 0 Å². The number of esters is 10. The smallest absolute Gasteiger partial charge is 0.348 e. The van der Waals surface area contributed by atoms with Crippen LogP contribution in [-0.2, 0) is 105 Å². The Hall–Kier alpha value is -5.64. The monoisotopic (exact) mass is 1540 g/mol. The van der Waals surface area contributed by atoms with E-state index >= 15 is 0 Å². The van der Waals surface area contributed by atoms with Gasteiger partial charge in [-0.25, -0.2) is 9.59 Å². The number of allylic oxidation sites excluding steroid dienone is 1. The molecular formula is C86H156O22. The molecule has 13 fully saturated rings. The highest BCUT2D eigenvalue weighted by Gasteiger charge is 2.69. The van der Waals surface area contributed by atoms with E-state index in [-0.39, 0.29) is 188 Å². The molecule has 14 aliphatic rings. The average Bonchev–Trinajstić information content (AvgIpc) is 1.53. The molecule has 21 unspecified atom stereocenters. The fourth-order valence-electron chi connectivity index (χ4n) is 17.1. The minimum atomic E-state index is -0.843. The summed E-state index contributed by atoms with van der Waals surface area (Å²) in [4.78, 5) is 115. The van der Waals surface area contributed by atoms with Crippen molar-refractivity contribution in [2.24, 2.45) is 110 Å². The first kappa shape index (κ1) is 107. The molecular weight excluding hydrogens is 1380 g/mol. The predicted octanol–water partition coefficient (Wildman–Crippen LogP) is 17.8. The number of fused-ring (bicyclic) bond motifs is 21. The predicted molar refractivity (Wildman–Crippen MR) is 422 cm³/mol. The second-order valence-corrected chi connectivity index (χ2v) is 33.4. The van der Waals surface area contributed by atoms with Gasteiger partial charge in [-0.1, -0.05) is 115 Å². The Labute approximate surface area is 654 Å². The first-order valence-corrected chi connectivity index (χ1v) is 36.6. The van der Waals surface area contributed by atoms with Crippen molar-refractivity contribution in [2.75, 3.05) is 34.0 Å². The zero-order valence-corrected chi connectivity index (χ0v) is 62.0. The molecule has 108 heavy (non-hydrogen) atoms. The Bertz CT molecular complexity index is 2930. The van der Waals surface area contributed by atoms with Crippen molar-refractivity contribution in [3.05, 3.63) is 12.2 Å². The summed E-state index contributed by atoms with van der Waals surface area (Å²) < 4.78 is 62.4. The molecule has 6 aliphatic heterocycles. The lowest BCUT2D eigenvalue weighted by Gasteiger charge is -2.38. The van der Waals surface area contributed by atoms with Crippen molar-refractivity contribution < 1.29 is 105 Å². The maximum Gasteiger partial charge on any atom is 0.348 e. The van der Waals surface area contributed by atoms with Gasteiger partial charge in [0.05, 0.1) is 84.8 Å². The van der Waals surface area contributed by atoms with Gasteiger partial charge in [0.15, 0.2) is 5.79 Å². The van der Waals surface area contributed by atoms with Gasteiger partial charge in [-0.2, -0.15) is 0 Å². The zero-order valence-electron chi connectivity index (χ0n) is 62.0. The zero-order chi connectivity index (χ0) is 72.5. The molecule has 0 spiro atoms. The summed E-state index contributed by atoms with van der Waals surface area (Å²) in [5, 5.41) is 0. The van der Waals surface area contributed by atoms with Gasteiger partial charge in [-0.3, -0.25) is 38.4 Å². The maximum absolute atomic E-state index is 12.2. The molecule has 0 aromatic heterocycles. The van der Waals surface area contributed by atoms with E-state index in [1.54, 1.807) is 0 Å². The van der Waals surface area contributed by atoms with Crippen LogP contribution < -0.4 is 0 Å². The highest BCUT2D eigenvalue weighted by atomic mass is 16.8. The minimum Gasteiger partial charge on any atom is -0.469 e. The van der Waals surface area contributed by atoms with E-state index in [0.717, 1.165) is 73.9 Å². The third-order valence-electron chi connectivity index (χ3n) is 25.0. The number of hydrogen-bond donors (Lipinski definition) is 0. The molecule has 6 saturated heterocycles. The van der Waals surface area contributed by atoms with E-state index < -0.39 is 46.2 Å². The largest absolute Gasteiger partial charge is 0.469 e. The van der Waals surface area contributed by atoms with E-state index in [9.17, 15) is 47.9 Å². The van der Waals surface area contributed by atoms with Crippen molar-refractivity contribution in [3.63, 3.8) is 0 Å². The van der Waals surface area contributed by atoms with Crippen molar-refractivity contribution >= 4 is 59.7 Å². The Morgan fingerprint density at radius 1 is 0.426 bits per heavy atom. The molecule has 6 heterocycles. The van der Waals surface area contributed by atoms with E-state index in [0.29, 0.717) is 55.3 Å². The Balaban J connectivity index is -0.00000120. The number of hydrogen-bond acceptors (Lipinski definition) is 22. The van der Waals surface area contributed by atoms with Gasteiger partial charge < -0.3 is 56.8 Å². The quantitative estimate of drug-likeness (QED) is 0.0716. The van der Waals surface area contributed by atoms with Gasteiger partial charge in [-0.05, 0) is 226 Å². The van der Waals surface area contributed by atoms with Crippen LogP contribution in [-0.4, -0.2) is 142 Å². The second kappa shape index (κ2) is 42.3. The molecule has 632 valence electrons. The summed E-state index contributed by atoms with van der Waals surface area (Å²) in [6.07, 6.45) is 15.9. The standard InChI is InChI=1S/C16H24O6.C14H18O2.C13H18O4.C10H16O4.C9H12O2.2C7H14O2.10CH4/c1-6-15(2,3)14(18)20-11-8-7-9-12(10(8)19-13(11)17)22-16(4,5)21-9;15-14-13-9-4-8(10(13)5-16-14)11-6-1-2-7(3-6)12(9)11;1-4-13(2,3)12(15)17-10-8-6-5-7-9(8)16-11(10)14;1-4-10(2,3)9(12)14-7-5-8(11)13-6-7;10-9-8-6-2-1-5(3-6)7(8)4-11-9;2*1-5-7(2,3)6(8)9-4;;;;;;;;;;/h8-12H,6-7H2,1-5H3;6-13H,1-5H2;5,7-10H,4,6H2,1-3H3;7H,4-6H2,1-3H3;5-8H,1-4H2;2*5H2,1-4H3;10*1H4. The highest BCUT2D eigenvalue weighted by molar-refractivity contribution is 5.85. The lowest BCUT2D eigenvalue weighted by molar-refractivity contribution is -0.170. The van der Waals surface area contributed by atoms with Gasteiger partial charge >= 0.3 is 59.7 Å².